The number of rotatable bonds is 4. The van der Waals surface area contributed by atoms with Gasteiger partial charge in [0.25, 0.3) is 0 Å². The number of hydrogen-bond donors (Lipinski definition) is 1. The molecule has 1 saturated carbocycles. The van der Waals surface area contributed by atoms with E-state index in [1.165, 1.54) is 18.4 Å². The zero-order valence-electron chi connectivity index (χ0n) is 10.7. The smallest absolute Gasteiger partial charge is 0.235 e. The van der Waals surface area contributed by atoms with Gasteiger partial charge in [-0.25, -0.2) is 15.0 Å². The molecular weight excluding hydrogens is 226 g/mol. The molecule has 1 aliphatic carbocycles. The first kappa shape index (κ1) is 11.3. The molecule has 0 saturated heterocycles. The van der Waals surface area contributed by atoms with E-state index >= 15 is 0 Å². The molecule has 94 valence electrons. The van der Waals surface area contributed by atoms with E-state index in [4.69, 9.17) is 0 Å². The second-order valence-electron chi connectivity index (χ2n) is 4.78. The van der Waals surface area contributed by atoms with E-state index in [1.54, 1.807) is 6.20 Å². The topological polar surface area (TPSA) is 55.6 Å². The number of imidazole rings is 1. The Balaban J connectivity index is 1.81. The first-order valence-corrected chi connectivity index (χ1v) is 6.30. The molecule has 0 bridgehead atoms. The highest BCUT2D eigenvalue weighted by Crippen LogP contribution is 2.19. The molecule has 0 unspecified atom stereocenters. The predicted octanol–water partition coefficient (Wildman–Crippen LogP) is 1.53. The van der Waals surface area contributed by atoms with Gasteiger partial charge in [0, 0.05) is 42.4 Å². The average molecular weight is 243 g/mol. The van der Waals surface area contributed by atoms with Crippen LogP contribution in [0.1, 0.15) is 29.9 Å². The molecular formula is C13H17N5. The first-order valence-electron chi connectivity index (χ1n) is 6.30. The standard InChI is InChI=1S/C13H17N5/c1-9-11(7-15-12-3-4-12)8-16-13(17-9)18-6-5-14-10(18)2/h5-6,8,12,15H,3-4,7H2,1-2H3. The summed E-state index contributed by atoms with van der Waals surface area (Å²) >= 11 is 0. The van der Waals surface area contributed by atoms with Crippen molar-refractivity contribution in [2.24, 2.45) is 0 Å². The highest BCUT2D eigenvalue weighted by atomic mass is 15.2. The van der Waals surface area contributed by atoms with Gasteiger partial charge < -0.3 is 5.32 Å². The van der Waals surface area contributed by atoms with E-state index in [-0.39, 0.29) is 0 Å². The maximum Gasteiger partial charge on any atom is 0.235 e. The van der Waals surface area contributed by atoms with E-state index in [9.17, 15) is 0 Å². The van der Waals surface area contributed by atoms with Gasteiger partial charge in [-0.15, -0.1) is 0 Å². The Labute approximate surface area is 106 Å². The number of aryl methyl sites for hydroxylation is 2. The summed E-state index contributed by atoms with van der Waals surface area (Å²) in [7, 11) is 0. The summed E-state index contributed by atoms with van der Waals surface area (Å²) in [5.41, 5.74) is 2.20. The zero-order valence-corrected chi connectivity index (χ0v) is 10.7. The molecule has 1 N–H and O–H groups in total. The van der Waals surface area contributed by atoms with E-state index in [0.717, 1.165) is 18.1 Å². The van der Waals surface area contributed by atoms with Gasteiger partial charge in [0.2, 0.25) is 5.95 Å². The minimum absolute atomic E-state index is 0.692. The summed E-state index contributed by atoms with van der Waals surface area (Å²) in [4.78, 5) is 13.1. The van der Waals surface area contributed by atoms with Crippen molar-refractivity contribution in [3.8, 4) is 5.95 Å². The fraction of sp³-hybridized carbons (Fsp3) is 0.462. The van der Waals surface area contributed by atoms with Crippen LogP contribution in [0.25, 0.3) is 5.95 Å². The summed E-state index contributed by atoms with van der Waals surface area (Å²) < 4.78 is 1.89. The van der Waals surface area contributed by atoms with Crippen LogP contribution in [0.4, 0.5) is 0 Å². The largest absolute Gasteiger partial charge is 0.310 e. The fourth-order valence-corrected chi connectivity index (χ4v) is 1.90. The molecule has 2 aromatic heterocycles. The first-order chi connectivity index (χ1) is 8.74. The lowest BCUT2D eigenvalue weighted by Gasteiger charge is -2.08. The van der Waals surface area contributed by atoms with Crippen LogP contribution in [-0.4, -0.2) is 25.6 Å². The van der Waals surface area contributed by atoms with Crippen molar-refractivity contribution in [3.63, 3.8) is 0 Å². The van der Waals surface area contributed by atoms with Gasteiger partial charge in [0.1, 0.15) is 5.82 Å². The number of aromatic nitrogens is 4. The minimum atomic E-state index is 0.692. The molecule has 2 aromatic rings. The number of hydrogen-bond acceptors (Lipinski definition) is 4. The van der Waals surface area contributed by atoms with Crippen LogP contribution >= 0.6 is 0 Å². The third-order valence-electron chi connectivity index (χ3n) is 3.27. The monoisotopic (exact) mass is 243 g/mol. The quantitative estimate of drug-likeness (QED) is 0.884. The normalized spacial score (nSPS) is 15.0. The van der Waals surface area contributed by atoms with Crippen molar-refractivity contribution in [2.45, 2.75) is 39.3 Å². The highest BCUT2D eigenvalue weighted by Gasteiger charge is 2.20. The molecule has 2 heterocycles. The molecule has 5 nitrogen and oxygen atoms in total. The van der Waals surface area contributed by atoms with Gasteiger partial charge in [0.15, 0.2) is 0 Å². The third kappa shape index (κ3) is 2.26. The number of nitrogens with one attached hydrogen (secondary N) is 1. The SMILES string of the molecule is Cc1nc(-n2ccnc2C)ncc1CNC1CC1. The average Bonchev–Trinajstić information content (AvgIpc) is 3.09. The Morgan fingerprint density at radius 3 is 2.78 bits per heavy atom. The van der Waals surface area contributed by atoms with Crippen LogP contribution in [-0.2, 0) is 6.54 Å². The summed E-state index contributed by atoms with van der Waals surface area (Å²) in [6, 6.07) is 0.708. The molecule has 0 atom stereocenters. The van der Waals surface area contributed by atoms with E-state index in [0.29, 0.717) is 12.0 Å². The van der Waals surface area contributed by atoms with Gasteiger partial charge in [-0.2, -0.15) is 0 Å². The Kier molecular flexibility index (Phi) is 2.83. The van der Waals surface area contributed by atoms with Gasteiger partial charge in [-0.05, 0) is 26.7 Å². The summed E-state index contributed by atoms with van der Waals surface area (Å²) in [5, 5.41) is 3.48. The Morgan fingerprint density at radius 1 is 1.33 bits per heavy atom. The van der Waals surface area contributed by atoms with E-state index in [1.807, 2.05) is 30.8 Å². The van der Waals surface area contributed by atoms with Gasteiger partial charge in [-0.3, -0.25) is 4.57 Å². The molecule has 3 rings (SSSR count). The lowest BCUT2D eigenvalue weighted by molar-refractivity contribution is 0.677. The van der Waals surface area contributed by atoms with Crippen LogP contribution in [0.3, 0.4) is 0 Å². The second kappa shape index (κ2) is 4.49. The van der Waals surface area contributed by atoms with Crippen molar-refractivity contribution < 1.29 is 0 Å². The van der Waals surface area contributed by atoms with Crippen LogP contribution < -0.4 is 5.32 Å². The van der Waals surface area contributed by atoms with Crippen LogP contribution in [0, 0.1) is 13.8 Å². The van der Waals surface area contributed by atoms with Crippen molar-refractivity contribution in [2.75, 3.05) is 0 Å². The molecule has 0 radical (unpaired) electrons. The fourth-order valence-electron chi connectivity index (χ4n) is 1.90. The van der Waals surface area contributed by atoms with Gasteiger partial charge in [-0.1, -0.05) is 0 Å². The zero-order chi connectivity index (χ0) is 12.5. The van der Waals surface area contributed by atoms with Crippen LogP contribution in [0.15, 0.2) is 18.6 Å². The molecule has 18 heavy (non-hydrogen) atoms. The minimum Gasteiger partial charge on any atom is -0.310 e. The van der Waals surface area contributed by atoms with Gasteiger partial charge >= 0.3 is 0 Å². The lowest BCUT2D eigenvalue weighted by atomic mass is 10.2. The molecule has 0 aliphatic heterocycles. The molecule has 1 aliphatic rings. The van der Waals surface area contributed by atoms with E-state index in [2.05, 4.69) is 20.3 Å². The molecule has 0 spiro atoms. The summed E-state index contributed by atoms with van der Waals surface area (Å²) in [5.74, 6) is 1.59. The van der Waals surface area contributed by atoms with Gasteiger partial charge in [0.05, 0.1) is 0 Å². The Hall–Kier alpha value is -1.75. The predicted molar refractivity (Wildman–Crippen MR) is 68.5 cm³/mol. The summed E-state index contributed by atoms with van der Waals surface area (Å²) in [6.45, 7) is 4.84. The molecule has 0 aromatic carbocycles. The highest BCUT2D eigenvalue weighted by molar-refractivity contribution is 5.23. The molecule has 0 amide bonds. The van der Waals surface area contributed by atoms with Crippen molar-refractivity contribution >= 4 is 0 Å². The lowest BCUT2D eigenvalue weighted by Crippen LogP contribution is -2.17. The Bertz CT molecular complexity index is 556. The van der Waals surface area contributed by atoms with Crippen LogP contribution in [0.2, 0.25) is 0 Å². The van der Waals surface area contributed by atoms with Crippen molar-refractivity contribution in [1.82, 2.24) is 24.8 Å². The number of nitrogens with zero attached hydrogens (tertiary/aromatic N) is 4. The van der Waals surface area contributed by atoms with Crippen molar-refractivity contribution in [3.05, 3.63) is 35.7 Å². The van der Waals surface area contributed by atoms with Crippen molar-refractivity contribution in [1.29, 1.82) is 0 Å². The second-order valence-corrected chi connectivity index (χ2v) is 4.78. The van der Waals surface area contributed by atoms with E-state index < -0.39 is 0 Å². The summed E-state index contributed by atoms with van der Waals surface area (Å²) in [6.07, 6.45) is 8.15. The van der Waals surface area contributed by atoms with Crippen LogP contribution in [0.5, 0.6) is 0 Å². The molecule has 5 heteroatoms. The molecule has 1 fully saturated rings. The Morgan fingerprint density at radius 2 is 2.17 bits per heavy atom. The third-order valence-corrected chi connectivity index (χ3v) is 3.27. The maximum atomic E-state index is 4.55. The maximum absolute atomic E-state index is 4.55.